The lowest BCUT2D eigenvalue weighted by Gasteiger charge is -2.32. The molecule has 2 rings (SSSR count). The number of carbonyl (C=O) groups excluding carboxylic acids is 1. The molecule has 1 N–H and O–H groups in total. The predicted molar refractivity (Wildman–Crippen MR) is 79.6 cm³/mol. The van der Waals surface area contributed by atoms with Crippen molar-refractivity contribution in [1.82, 2.24) is 4.90 Å². The molecule has 5 heteroatoms. The van der Waals surface area contributed by atoms with Gasteiger partial charge in [-0.1, -0.05) is 0 Å². The van der Waals surface area contributed by atoms with Gasteiger partial charge in [-0.05, 0) is 47.0 Å². The maximum absolute atomic E-state index is 11.3. The van der Waals surface area contributed by atoms with E-state index in [-0.39, 0.29) is 5.91 Å². The number of ether oxygens (including phenoxy) is 1. The van der Waals surface area contributed by atoms with Crippen LogP contribution in [0.4, 0.5) is 5.69 Å². The van der Waals surface area contributed by atoms with E-state index in [1.54, 1.807) is 14.0 Å². The molecule has 1 aromatic rings. The van der Waals surface area contributed by atoms with E-state index in [2.05, 4.69) is 21.2 Å². The lowest BCUT2D eigenvalue weighted by Crippen LogP contribution is -2.41. The Labute approximate surface area is 122 Å². The van der Waals surface area contributed by atoms with E-state index >= 15 is 0 Å². The molecular formula is C14H19BrN2O2. The minimum absolute atomic E-state index is 0.172. The van der Waals surface area contributed by atoms with E-state index in [0.717, 1.165) is 41.8 Å². The highest BCUT2D eigenvalue weighted by Crippen LogP contribution is 2.28. The van der Waals surface area contributed by atoms with Crippen molar-refractivity contribution < 1.29 is 9.53 Å². The highest BCUT2D eigenvalue weighted by atomic mass is 79.9. The maximum atomic E-state index is 11.3. The molecule has 0 saturated carbocycles. The number of hydrogen-bond acceptors (Lipinski definition) is 3. The van der Waals surface area contributed by atoms with E-state index in [1.807, 2.05) is 23.1 Å². The minimum atomic E-state index is 0.172. The molecule has 0 aromatic heterocycles. The molecule has 1 saturated heterocycles. The molecule has 1 aromatic carbocycles. The highest BCUT2D eigenvalue weighted by Gasteiger charge is 2.20. The quantitative estimate of drug-likeness (QED) is 0.928. The van der Waals surface area contributed by atoms with Gasteiger partial charge < -0.3 is 15.0 Å². The third-order valence-electron chi connectivity index (χ3n) is 3.46. The molecule has 19 heavy (non-hydrogen) atoms. The van der Waals surface area contributed by atoms with Crippen LogP contribution >= 0.6 is 15.9 Å². The van der Waals surface area contributed by atoms with Crippen LogP contribution in [0.3, 0.4) is 0 Å². The zero-order valence-corrected chi connectivity index (χ0v) is 12.9. The molecule has 0 radical (unpaired) electrons. The van der Waals surface area contributed by atoms with Crippen LogP contribution in [0.2, 0.25) is 0 Å². The van der Waals surface area contributed by atoms with Crippen LogP contribution in [0.15, 0.2) is 22.7 Å². The Bertz CT molecular complexity index is 457. The number of anilines is 1. The van der Waals surface area contributed by atoms with E-state index in [1.165, 1.54) is 0 Å². The average Bonchev–Trinajstić information content (AvgIpc) is 2.39. The first-order valence-corrected chi connectivity index (χ1v) is 7.25. The number of piperidine rings is 1. The van der Waals surface area contributed by atoms with Gasteiger partial charge in [0.2, 0.25) is 5.91 Å². The summed E-state index contributed by atoms with van der Waals surface area (Å²) in [6.45, 7) is 3.31. The number of hydrogen-bond donors (Lipinski definition) is 1. The van der Waals surface area contributed by atoms with Gasteiger partial charge in [0, 0.05) is 31.7 Å². The Morgan fingerprint density at radius 1 is 1.42 bits per heavy atom. The molecule has 1 heterocycles. The number of methoxy groups -OCH3 is 1. The van der Waals surface area contributed by atoms with E-state index in [0.29, 0.717) is 6.04 Å². The Morgan fingerprint density at radius 2 is 2.11 bits per heavy atom. The summed E-state index contributed by atoms with van der Waals surface area (Å²) in [6, 6.07) is 6.41. The number of amides is 1. The molecule has 1 amide bonds. The lowest BCUT2D eigenvalue weighted by molar-refractivity contribution is -0.129. The van der Waals surface area contributed by atoms with Crippen molar-refractivity contribution in [3.63, 3.8) is 0 Å². The second-order valence-electron chi connectivity index (χ2n) is 4.77. The van der Waals surface area contributed by atoms with Gasteiger partial charge in [0.05, 0.1) is 11.6 Å². The fraction of sp³-hybridized carbons (Fsp3) is 0.500. The zero-order valence-electron chi connectivity index (χ0n) is 11.3. The average molecular weight is 327 g/mol. The summed E-state index contributed by atoms with van der Waals surface area (Å²) < 4.78 is 6.16. The normalized spacial score (nSPS) is 16.3. The van der Waals surface area contributed by atoms with Crippen molar-refractivity contribution >= 4 is 27.5 Å². The summed E-state index contributed by atoms with van der Waals surface area (Å²) in [4.78, 5) is 13.2. The number of carbonyl (C=O) groups is 1. The summed E-state index contributed by atoms with van der Waals surface area (Å²) in [5.41, 5.74) is 1.08. The van der Waals surface area contributed by atoms with E-state index in [4.69, 9.17) is 4.74 Å². The topological polar surface area (TPSA) is 41.6 Å². The first-order valence-electron chi connectivity index (χ1n) is 6.45. The number of rotatable bonds is 3. The van der Waals surface area contributed by atoms with Crippen LogP contribution < -0.4 is 10.1 Å². The molecule has 0 atom stereocenters. The van der Waals surface area contributed by atoms with Gasteiger partial charge in [0.15, 0.2) is 0 Å². The fourth-order valence-electron chi connectivity index (χ4n) is 2.33. The van der Waals surface area contributed by atoms with E-state index < -0.39 is 0 Å². The number of nitrogens with zero attached hydrogens (tertiary/aromatic N) is 1. The SMILES string of the molecule is COc1ccc(NC2CCN(C(C)=O)CC2)cc1Br. The fourth-order valence-corrected chi connectivity index (χ4v) is 2.87. The molecule has 104 valence electrons. The Balaban J connectivity index is 1.92. The van der Waals surface area contributed by atoms with E-state index in [9.17, 15) is 4.79 Å². The summed E-state index contributed by atoms with van der Waals surface area (Å²) in [7, 11) is 1.66. The van der Waals surface area contributed by atoms with Gasteiger partial charge in [0.25, 0.3) is 0 Å². The third-order valence-corrected chi connectivity index (χ3v) is 4.08. The van der Waals surface area contributed by atoms with Crippen LogP contribution in [-0.2, 0) is 4.79 Å². The smallest absolute Gasteiger partial charge is 0.219 e. The molecule has 1 aliphatic heterocycles. The molecule has 0 aliphatic carbocycles. The first-order chi connectivity index (χ1) is 9.10. The van der Waals surface area contributed by atoms with Crippen molar-refractivity contribution in [1.29, 1.82) is 0 Å². The van der Waals surface area contributed by atoms with Crippen LogP contribution in [0.1, 0.15) is 19.8 Å². The van der Waals surface area contributed by atoms with Crippen LogP contribution in [0.25, 0.3) is 0 Å². The summed E-state index contributed by atoms with van der Waals surface area (Å²) >= 11 is 3.48. The van der Waals surface area contributed by atoms with Gasteiger partial charge >= 0.3 is 0 Å². The minimum Gasteiger partial charge on any atom is -0.496 e. The standard InChI is InChI=1S/C14H19BrN2O2/c1-10(18)17-7-5-11(6-8-17)16-12-3-4-14(19-2)13(15)9-12/h3-4,9,11,16H,5-8H2,1-2H3. The van der Waals surface area contributed by atoms with Gasteiger partial charge in [-0.2, -0.15) is 0 Å². The van der Waals surface area contributed by atoms with Crippen LogP contribution in [-0.4, -0.2) is 37.0 Å². The summed E-state index contributed by atoms with van der Waals surface area (Å²) in [5.74, 6) is 1.00. The highest BCUT2D eigenvalue weighted by molar-refractivity contribution is 9.10. The molecule has 0 bridgehead atoms. The lowest BCUT2D eigenvalue weighted by atomic mass is 10.0. The molecule has 0 unspecified atom stereocenters. The number of nitrogens with one attached hydrogen (secondary N) is 1. The predicted octanol–water partition coefficient (Wildman–Crippen LogP) is 2.88. The second kappa shape index (κ2) is 6.28. The molecular weight excluding hydrogens is 308 g/mol. The van der Waals surface area contributed by atoms with Gasteiger partial charge in [-0.3, -0.25) is 4.79 Å². The third kappa shape index (κ3) is 3.62. The van der Waals surface area contributed by atoms with Crippen LogP contribution in [0.5, 0.6) is 5.75 Å². The second-order valence-corrected chi connectivity index (χ2v) is 5.63. The maximum Gasteiger partial charge on any atom is 0.219 e. The van der Waals surface area contributed by atoms with Crippen molar-refractivity contribution in [2.75, 3.05) is 25.5 Å². The number of halogens is 1. The van der Waals surface area contributed by atoms with Crippen molar-refractivity contribution in [3.05, 3.63) is 22.7 Å². The zero-order chi connectivity index (χ0) is 13.8. The Hall–Kier alpha value is -1.23. The van der Waals surface area contributed by atoms with Gasteiger partial charge in [-0.15, -0.1) is 0 Å². The largest absolute Gasteiger partial charge is 0.496 e. The number of likely N-dealkylation sites (tertiary alicyclic amines) is 1. The molecule has 1 fully saturated rings. The number of benzene rings is 1. The van der Waals surface area contributed by atoms with Gasteiger partial charge in [-0.25, -0.2) is 0 Å². The van der Waals surface area contributed by atoms with Crippen molar-refractivity contribution in [2.45, 2.75) is 25.8 Å². The molecule has 0 spiro atoms. The first kappa shape index (κ1) is 14.2. The molecule has 4 nitrogen and oxygen atoms in total. The Morgan fingerprint density at radius 3 is 2.63 bits per heavy atom. The van der Waals surface area contributed by atoms with Crippen molar-refractivity contribution in [2.24, 2.45) is 0 Å². The van der Waals surface area contributed by atoms with Crippen molar-refractivity contribution in [3.8, 4) is 5.75 Å². The summed E-state index contributed by atoms with van der Waals surface area (Å²) in [6.07, 6.45) is 1.98. The van der Waals surface area contributed by atoms with Gasteiger partial charge in [0.1, 0.15) is 5.75 Å². The monoisotopic (exact) mass is 326 g/mol. The Kier molecular flexibility index (Phi) is 4.69. The molecule has 1 aliphatic rings. The summed E-state index contributed by atoms with van der Waals surface area (Å²) in [5, 5.41) is 3.51. The van der Waals surface area contributed by atoms with Crippen LogP contribution in [0, 0.1) is 0 Å².